The minimum Gasteiger partial charge on any atom is -0.364 e. The van der Waals surface area contributed by atoms with Gasteiger partial charge in [0, 0.05) is 23.3 Å². The van der Waals surface area contributed by atoms with E-state index in [4.69, 9.17) is 0 Å². The van der Waals surface area contributed by atoms with Crippen molar-refractivity contribution in [3.05, 3.63) is 22.6 Å². The quantitative estimate of drug-likeness (QED) is 0.867. The number of nitrogens with zero attached hydrogens (tertiary/aromatic N) is 1. The first-order chi connectivity index (χ1) is 7.25. The number of hydrogen-bond donors (Lipinski definition) is 2. The van der Waals surface area contributed by atoms with Crippen LogP contribution in [0.5, 0.6) is 0 Å². The van der Waals surface area contributed by atoms with Crippen molar-refractivity contribution in [1.82, 2.24) is 10.3 Å². The number of piperidine rings is 1. The zero-order valence-electron chi connectivity index (χ0n) is 8.26. The molecule has 0 amide bonds. The highest BCUT2D eigenvalue weighted by molar-refractivity contribution is 9.10. The Kier molecular flexibility index (Phi) is 3.53. The van der Waals surface area contributed by atoms with E-state index in [2.05, 4.69) is 31.5 Å². The molecule has 15 heavy (non-hydrogen) atoms. The Morgan fingerprint density at radius 2 is 2.47 bits per heavy atom. The lowest BCUT2D eigenvalue weighted by atomic mass is 10.1. The van der Waals surface area contributed by atoms with Gasteiger partial charge in [0.2, 0.25) is 0 Å². The number of pyridine rings is 1. The third-order valence-electron chi connectivity index (χ3n) is 2.45. The van der Waals surface area contributed by atoms with E-state index < -0.39 is 0 Å². The second-order valence-electron chi connectivity index (χ2n) is 3.67. The zero-order valence-corrected chi connectivity index (χ0v) is 9.85. The number of rotatable bonds is 2. The van der Waals surface area contributed by atoms with Crippen molar-refractivity contribution >= 4 is 21.7 Å². The lowest BCUT2D eigenvalue weighted by molar-refractivity contribution is 0.476. The fourth-order valence-electron chi connectivity index (χ4n) is 1.69. The first kappa shape index (κ1) is 10.8. The second-order valence-corrected chi connectivity index (χ2v) is 4.59. The van der Waals surface area contributed by atoms with Crippen LogP contribution >= 0.6 is 15.9 Å². The summed E-state index contributed by atoms with van der Waals surface area (Å²) in [5.74, 6) is 0.0295. The first-order valence-corrected chi connectivity index (χ1v) is 5.83. The molecule has 1 saturated heterocycles. The summed E-state index contributed by atoms with van der Waals surface area (Å²) in [6, 6.07) is 1.70. The van der Waals surface area contributed by atoms with Crippen LogP contribution in [0.15, 0.2) is 16.7 Å². The Balaban J connectivity index is 2.03. The van der Waals surface area contributed by atoms with Crippen molar-refractivity contribution in [2.45, 2.75) is 18.9 Å². The normalized spacial score (nSPS) is 21.3. The Hall–Kier alpha value is -0.680. The maximum absolute atomic E-state index is 13.4. The molecule has 0 spiro atoms. The minimum absolute atomic E-state index is 0.280. The third-order valence-corrected chi connectivity index (χ3v) is 2.88. The fourth-order valence-corrected chi connectivity index (χ4v) is 1.99. The molecule has 1 fully saturated rings. The molecule has 2 N–H and O–H groups in total. The summed E-state index contributed by atoms with van der Waals surface area (Å²) in [6.45, 7) is 1.92. The van der Waals surface area contributed by atoms with Gasteiger partial charge >= 0.3 is 0 Å². The van der Waals surface area contributed by atoms with Crippen LogP contribution in [0.25, 0.3) is 0 Å². The molecule has 0 radical (unpaired) electrons. The van der Waals surface area contributed by atoms with Gasteiger partial charge in [0.05, 0.1) is 0 Å². The number of halogens is 2. The molecule has 2 heterocycles. The van der Waals surface area contributed by atoms with Crippen LogP contribution in [0, 0.1) is 5.82 Å². The largest absolute Gasteiger partial charge is 0.364 e. The minimum atomic E-state index is -0.310. The standard InChI is InChI=1S/C10H13BrFN3/c11-7-4-9(12)10(14-5-7)15-8-2-1-3-13-6-8/h4-5,8,13H,1-3,6H2,(H,14,15). The van der Waals surface area contributed by atoms with E-state index in [1.807, 2.05) is 0 Å². The van der Waals surface area contributed by atoms with Crippen LogP contribution in [0.4, 0.5) is 10.2 Å². The van der Waals surface area contributed by atoms with E-state index in [9.17, 15) is 4.39 Å². The molecular formula is C10H13BrFN3. The molecule has 0 saturated carbocycles. The van der Waals surface area contributed by atoms with Gasteiger partial charge in [-0.15, -0.1) is 0 Å². The van der Waals surface area contributed by atoms with Gasteiger partial charge in [-0.1, -0.05) is 0 Å². The summed E-state index contributed by atoms with van der Waals surface area (Å²) >= 11 is 3.18. The van der Waals surface area contributed by atoms with Crippen molar-refractivity contribution in [2.75, 3.05) is 18.4 Å². The molecule has 2 rings (SSSR count). The topological polar surface area (TPSA) is 37.0 Å². The summed E-state index contributed by atoms with van der Waals surface area (Å²) in [7, 11) is 0. The summed E-state index contributed by atoms with van der Waals surface area (Å²) in [5, 5.41) is 6.37. The fraction of sp³-hybridized carbons (Fsp3) is 0.500. The highest BCUT2D eigenvalue weighted by atomic mass is 79.9. The molecule has 5 heteroatoms. The second kappa shape index (κ2) is 4.90. The molecule has 82 valence electrons. The summed E-state index contributed by atoms with van der Waals surface area (Å²) < 4.78 is 14.1. The average Bonchev–Trinajstić information content (AvgIpc) is 2.24. The third kappa shape index (κ3) is 2.89. The predicted octanol–water partition coefficient (Wildman–Crippen LogP) is 2.15. The van der Waals surface area contributed by atoms with Gasteiger partial charge in [0.1, 0.15) is 0 Å². The molecule has 1 atom stereocenters. The smallest absolute Gasteiger partial charge is 0.166 e. The molecule has 0 aromatic carbocycles. The van der Waals surface area contributed by atoms with Crippen molar-refractivity contribution in [2.24, 2.45) is 0 Å². The summed E-state index contributed by atoms with van der Waals surface area (Å²) in [5.41, 5.74) is 0. The maximum Gasteiger partial charge on any atom is 0.166 e. The Bertz CT molecular complexity index is 339. The van der Waals surface area contributed by atoms with Gasteiger partial charge in [-0.3, -0.25) is 0 Å². The summed E-state index contributed by atoms with van der Waals surface area (Å²) in [4.78, 5) is 4.01. The molecule has 1 aromatic heterocycles. The van der Waals surface area contributed by atoms with Gasteiger partial charge < -0.3 is 10.6 Å². The molecule has 0 bridgehead atoms. The van der Waals surface area contributed by atoms with E-state index in [0.29, 0.717) is 10.3 Å². The molecule has 3 nitrogen and oxygen atoms in total. The van der Waals surface area contributed by atoms with Crippen molar-refractivity contribution in [3.63, 3.8) is 0 Å². The van der Waals surface area contributed by atoms with E-state index in [-0.39, 0.29) is 11.9 Å². The number of nitrogens with one attached hydrogen (secondary N) is 2. The van der Waals surface area contributed by atoms with Crippen LogP contribution < -0.4 is 10.6 Å². The van der Waals surface area contributed by atoms with Crippen LogP contribution in [0.2, 0.25) is 0 Å². The first-order valence-electron chi connectivity index (χ1n) is 5.04. The molecule has 0 aliphatic carbocycles. The number of aromatic nitrogens is 1. The molecule has 1 unspecified atom stereocenters. The highest BCUT2D eigenvalue weighted by Crippen LogP contribution is 2.18. The van der Waals surface area contributed by atoms with Crippen LogP contribution in [-0.2, 0) is 0 Å². The van der Waals surface area contributed by atoms with Gasteiger partial charge in [-0.25, -0.2) is 9.37 Å². The summed E-state index contributed by atoms with van der Waals surface area (Å²) in [6.07, 6.45) is 3.78. The predicted molar refractivity (Wildman–Crippen MR) is 61.4 cm³/mol. The lowest BCUT2D eigenvalue weighted by Gasteiger charge is -2.24. The zero-order chi connectivity index (χ0) is 10.7. The lowest BCUT2D eigenvalue weighted by Crippen LogP contribution is -2.38. The Morgan fingerprint density at radius 1 is 1.60 bits per heavy atom. The molecule has 1 aromatic rings. The monoisotopic (exact) mass is 273 g/mol. The van der Waals surface area contributed by atoms with Crippen molar-refractivity contribution in [3.8, 4) is 0 Å². The highest BCUT2D eigenvalue weighted by Gasteiger charge is 2.14. The van der Waals surface area contributed by atoms with Crippen molar-refractivity contribution in [1.29, 1.82) is 0 Å². The van der Waals surface area contributed by atoms with Crippen LogP contribution in [-0.4, -0.2) is 24.1 Å². The SMILES string of the molecule is Fc1cc(Br)cnc1NC1CCCNC1. The Labute approximate surface area is 96.6 Å². The van der Waals surface area contributed by atoms with Gasteiger partial charge in [-0.2, -0.15) is 0 Å². The van der Waals surface area contributed by atoms with E-state index >= 15 is 0 Å². The van der Waals surface area contributed by atoms with Gasteiger partial charge in [-0.05, 0) is 41.4 Å². The molecule has 1 aliphatic heterocycles. The van der Waals surface area contributed by atoms with Gasteiger partial charge in [0.15, 0.2) is 11.6 Å². The number of anilines is 1. The van der Waals surface area contributed by atoms with E-state index in [0.717, 1.165) is 25.9 Å². The van der Waals surface area contributed by atoms with E-state index in [1.54, 1.807) is 6.20 Å². The van der Waals surface area contributed by atoms with Crippen LogP contribution in [0.3, 0.4) is 0 Å². The van der Waals surface area contributed by atoms with Crippen molar-refractivity contribution < 1.29 is 4.39 Å². The van der Waals surface area contributed by atoms with Crippen LogP contribution in [0.1, 0.15) is 12.8 Å². The maximum atomic E-state index is 13.4. The molecular weight excluding hydrogens is 261 g/mol. The Morgan fingerprint density at radius 3 is 3.13 bits per heavy atom. The van der Waals surface area contributed by atoms with E-state index in [1.165, 1.54) is 6.07 Å². The number of hydrogen-bond acceptors (Lipinski definition) is 3. The average molecular weight is 274 g/mol. The molecule has 1 aliphatic rings. The van der Waals surface area contributed by atoms with Gasteiger partial charge in [0.25, 0.3) is 0 Å².